The average Bonchev–Trinajstić information content (AvgIpc) is 3.02. The third kappa shape index (κ3) is 2.05. The molecule has 0 aromatic heterocycles. The number of hydrogen-bond acceptors (Lipinski definition) is 6. The van der Waals surface area contributed by atoms with Gasteiger partial charge in [0.25, 0.3) is 5.91 Å². The molecule has 2 atom stereocenters. The van der Waals surface area contributed by atoms with Gasteiger partial charge in [0.05, 0.1) is 17.3 Å². The number of fused-ring (bicyclic) bond motifs is 1. The van der Waals surface area contributed by atoms with Crippen molar-refractivity contribution in [3.8, 4) is 0 Å². The number of imide groups is 1. The molecule has 22 heavy (non-hydrogen) atoms. The summed E-state index contributed by atoms with van der Waals surface area (Å²) in [5, 5.41) is 4.06. The Morgan fingerprint density at radius 3 is 2.77 bits per heavy atom. The second kappa shape index (κ2) is 5.42. The van der Waals surface area contributed by atoms with Gasteiger partial charge in [-0.1, -0.05) is 23.7 Å². The maximum atomic E-state index is 12.6. The van der Waals surface area contributed by atoms with Crippen LogP contribution >= 0.6 is 11.6 Å². The summed E-state index contributed by atoms with van der Waals surface area (Å²) in [4.78, 5) is 37.9. The van der Waals surface area contributed by atoms with E-state index in [1.165, 1.54) is 0 Å². The summed E-state index contributed by atoms with van der Waals surface area (Å²) < 4.78 is 4.86. The molecule has 0 radical (unpaired) electrons. The van der Waals surface area contributed by atoms with Crippen LogP contribution < -0.4 is 10.3 Å². The highest BCUT2D eigenvalue weighted by Gasteiger charge is 2.56. The van der Waals surface area contributed by atoms with Gasteiger partial charge in [0.15, 0.2) is 5.71 Å². The first kappa shape index (κ1) is 14.5. The Balaban J connectivity index is 1.95. The fourth-order valence-corrected chi connectivity index (χ4v) is 2.75. The molecule has 0 aliphatic carbocycles. The van der Waals surface area contributed by atoms with Crippen molar-refractivity contribution in [3.63, 3.8) is 0 Å². The topological polar surface area (TPSA) is 88.1 Å². The normalized spacial score (nSPS) is 23.2. The number of rotatable bonds is 3. The summed E-state index contributed by atoms with van der Waals surface area (Å²) in [5.41, 5.74) is 2.75. The molecule has 0 spiro atoms. The van der Waals surface area contributed by atoms with Gasteiger partial charge in [-0.25, -0.2) is 9.69 Å². The second-order valence-corrected chi connectivity index (χ2v) is 5.17. The molecule has 0 unspecified atom stereocenters. The van der Waals surface area contributed by atoms with Crippen molar-refractivity contribution in [2.24, 2.45) is 11.0 Å². The average molecular weight is 322 g/mol. The minimum Gasteiger partial charge on any atom is -0.461 e. The largest absolute Gasteiger partial charge is 0.461 e. The number of benzene rings is 1. The molecular weight excluding hydrogens is 310 g/mol. The van der Waals surface area contributed by atoms with Crippen molar-refractivity contribution in [3.05, 3.63) is 29.3 Å². The zero-order valence-electron chi connectivity index (χ0n) is 11.6. The lowest BCUT2D eigenvalue weighted by atomic mass is 9.99. The van der Waals surface area contributed by atoms with E-state index in [1.807, 2.05) is 0 Å². The van der Waals surface area contributed by atoms with Crippen molar-refractivity contribution in [2.45, 2.75) is 13.0 Å². The molecular formula is C14H12ClN3O4. The number of carbonyl (C=O) groups is 3. The van der Waals surface area contributed by atoms with E-state index < -0.39 is 29.7 Å². The standard InChI is InChI=1S/C14H12ClN3O4/c1-2-22-14(21)11-9-10(16-17-11)13(20)18(12(9)19)8-6-4-3-5-7(8)15/h3-6,9-10,16H,2H2,1H3/t9-,10-/m1/s1. The summed E-state index contributed by atoms with van der Waals surface area (Å²) in [6.07, 6.45) is 0. The minimum absolute atomic E-state index is 0.0836. The van der Waals surface area contributed by atoms with E-state index in [0.29, 0.717) is 5.69 Å². The molecule has 2 aliphatic heterocycles. The zero-order valence-corrected chi connectivity index (χ0v) is 12.3. The summed E-state index contributed by atoms with van der Waals surface area (Å²) in [6, 6.07) is 5.62. The van der Waals surface area contributed by atoms with Crippen LogP contribution in [0.2, 0.25) is 5.02 Å². The van der Waals surface area contributed by atoms with Gasteiger partial charge >= 0.3 is 5.97 Å². The van der Waals surface area contributed by atoms with Crippen LogP contribution in [0.3, 0.4) is 0 Å². The number of amides is 2. The van der Waals surface area contributed by atoms with Crippen molar-refractivity contribution in [2.75, 3.05) is 11.5 Å². The highest BCUT2D eigenvalue weighted by molar-refractivity contribution is 6.47. The number of carbonyl (C=O) groups excluding carboxylic acids is 3. The molecule has 1 N–H and O–H groups in total. The predicted octanol–water partition coefficient (Wildman–Crippen LogP) is 0.720. The van der Waals surface area contributed by atoms with Crippen LogP contribution in [0.25, 0.3) is 0 Å². The highest BCUT2D eigenvalue weighted by atomic mass is 35.5. The van der Waals surface area contributed by atoms with Crippen LogP contribution in [-0.2, 0) is 19.1 Å². The van der Waals surface area contributed by atoms with Gasteiger partial charge in [0.1, 0.15) is 12.0 Å². The van der Waals surface area contributed by atoms with E-state index in [2.05, 4.69) is 10.5 Å². The summed E-state index contributed by atoms with van der Waals surface area (Å²) in [5.74, 6) is -2.72. The SMILES string of the molecule is CCOC(=O)C1=NN[C@H]2C(=O)N(c3ccccc3Cl)C(=O)[C@@H]12. The van der Waals surface area contributed by atoms with Crippen LogP contribution in [0.4, 0.5) is 5.69 Å². The fourth-order valence-electron chi connectivity index (χ4n) is 2.53. The number of esters is 1. The van der Waals surface area contributed by atoms with Crippen molar-refractivity contribution in [1.29, 1.82) is 0 Å². The van der Waals surface area contributed by atoms with Crippen LogP contribution in [0.1, 0.15) is 6.92 Å². The number of halogens is 1. The van der Waals surface area contributed by atoms with Crippen LogP contribution in [-0.4, -0.2) is 36.1 Å². The lowest BCUT2D eigenvalue weighted by Gasteiger charge is -2.16. The van der Waals surface area contributed by atoms with Gasteiger partial charge in [-0.3, -0.25) is 15.0 Å². The van der Waals surface area contributed by atoms with Crippen LogP contribution in [0, 0.1) is 5.92 Å². The number of hydrazone groups is 1. The number of anilines is 1. The maximum Gasteiger partial charge on any atom is 0.355 e. The van der Waals surface area contributed by atoms with Crippen molar-refractivity contribution >= 4 is 40.8 Å². The molecule has 2 amide bonds. The first-order valence-electron chi connectivity index (χ1n) is 6.68. The van der Waals surface area contributed by atoms with Gasteiger partial charge in [-0.15, -0.1) is 0 Å². The van der Waals surface area contributed by atoms with Gasteiger partial charge < -0.3 is 4.74 Å². The summed E-state index contributed by atoms with van der Waals surface area (Å²) in [7, 11) is 0. The lowest BCUT2D eigenvalue weighted by molar-refractivity contribution is -0.136. The van der Waals surface area contributed by atoms with Crippen molar-refractivity contribution < 1.29 is 19.1 Å². The third-order valence-corrected chi connectivity index (χ3v) is 3.82. The summed E-state index contributed by atoms with van der Waals surface area (Å²) >= 11 is 6.05. The zero-order chi connectivity index (χ0) is 15.9. The first-order chi connectivity index (χ1) is 10.6. The third-order valence-electron chi connectivity index (χ3n) is 3.50. The first-order valence-corrected chi connectivity index (χ1v) is 7.06. The van der Waals surface area contributed by atoms with E-state index in [1.54, 1.807) is 31.2 Å². The summed E-state index contributed by atoms with van der Waals surface area (Å²) in [6.45, 7) is 1.81. The van der Waals surface area contributed by atoms with E-state index in [9.17, 15) is 14.4 Å². The fraction of sp³-hybridized carbons (Fsp3) is 0.286. The number of hydrogen-bond donors (Lipinski definition) is 1. The monoisotopic (exact) mass is 321 g/mol. The molecule has 2 aliphatic rings. The number of nitrogens with zero attached hydrogens (tertiary/aromatic N) is 2. The van der Waals surface area contributed by atoms with E-state index in [0.717, 1.165) is 4.90 Å². The number of para-hydroxylation sites is 1. The van der Waals surface area contributed by atoms with E-state index in [-0.39, 0.29) is 17.3 Å². The second-order valence-electron chi connectivity index (χ2n) is 4.77. The Kier molecular flexibility index (Phi) is 3.58. The molecule has 1 aromatic rings. The molecule has 2 heterocycles. The molecule has 1 aromatic carbocycles. The Morgan fingerprint density at radius 1 is 1.36 bits per heavy atom. The van der Waals surface area contributed by atoms with Crippen LogP contribution in [0.5, 0.6) is 0 Å². The molecule has 8 heteroatoms. The number of nitrogens with one attached hydrogen (secondary N) is 1. The predicted molar refractivity (Wildman–Crippen MR) is 78.4 cm³/mol. The maximum absolute atomic E-state index is 12.6. The Bertz CT molecular complexity index is 703. The molecule has 0 saturated carbocycles. The molecule has 3 rings (SSSR count). The smallest absolute Gasteiger partial charge is 0.355 e. The quantitative estimate of drug-likeness (QED) is 0.654. The molecule has 114 valence electrons. The van der Waals surface area contributed by atoms with Crippen LogP contribution in [0.15, 0.2) is 29.4 Å². The van der Waals surface area contributed by atoms with Gasteiger partial charge in [-0.05, 0) is 19.1 Å². The Morgan fingerprint density at radius 2 is 2.09 bits per heavy atom. The van der Waals surface area contributed by atoms with Gasteiger partial charge in [-0.2, -0.15) is 5.10 Å². The molecule has 1 fully saturated rings. The number of ether oxygens (including phenoxy) is 1. The molecule has 0 bridgehead atoms. The minimum atomic E-state index is -0.983. The Hall–Kier alpha value is -2.41. The Labute approximate surface area is 130 Å². The van der Waals surface area contributed by atoms with Gasteiger partial charge in [0, 0.05) is 0 Å². The highest BCUT2D eigenvalue weighted by Crippen LogP contribution is 2.34. The molecule has 1 saturated heterocycles. The van der Waals surface area contributed by atoms with E-state index in [4.69, 9.17) is 16.3 Å². The van der Waals surface area contributed by atoms with E-state index >= 15 is 0 Å². The van der Waals surface area contributed by atoms with Crippen molar-refractivity contribution in [1.82, 2.24) is 5.43 Å². The molecule has 7 nitrogen and oxygen atoms in total. The van der Waals surface area contributed by atoms with Gasteiger partial charge in [0.2, 0.25) is 5.91 Å². The lowest BCUT2D eigenvalue weighted by Crippen LogP contribution is -2.36.